The van der Waals surface area contributed by atoms with E-state index in [1.165, 1.54) is 77.0 Å². The van der Waals surface area contributed by atoms with Crippen LogP contribution in [0.25, 0.3) is 0 Å². The Morgan fingerprint density at radius 2 is 0.537 bits per heavy atom. The van der Waals surface area contributed by atoms with Crippen molar-refractivity contribution in [2.24, 2.45) is 0 Å². The molecule has 0 N–H and O–H groups in total. The van der Waals surface area contributed by atoms with Crippen molar-refractivity contribution in [3.05, 3.63) is 119 Å². The molecule has 9 heteroatoms. The summed E-state index contributed by atoms with van der Waals surface area (Å²) >= 11 is -6.13. The number of rotatable bonds is 12. The van der Waals surface area contributed by atoms with E-state index in [2.05, 4.69) is 0 Å². The van der Waals surface area contributed by atoms with Crippen LogP contribution in [0.4, 0.5) is 0 Å². The van der Waals surface area contributed by atoms with E-state index in [1.807, 2.05) is 0 Å². The van der Waals surface area contributed by atoms with E-state index in [4.69, 9.17) is 18.9 Å². The van der Waals surface area contributed by atoms with Gasteiger partial charge in [-0.25, -0.2) is 0 Å². The predicted octanol–water partition coefficient (Wildman–Crippen LogP) is 5.16. The minimum atomic E-state index is -6.13. The molecule has 0 aromatic heterocycles. The van der Waals surface area contributed by atoms with E-state index in [0.717, 1.165) is 0 Å². The second kappa shape index (κ2) is 12.8. The monoisotopic (exact) mass is 660 g/mol. The summed E-state index contributed by atoms with van der Waals surface area (Å²) in [6.07, 6.45) is 0. The molecule has 0 aliphatic carbocycles. The van der Waals surface area contributed by atoms with Crippen molar-refractivity contribution in [3.8, 4) is 23.0 Å². The van der Waals surface area contributed by atoms with Crippen LogP contribution in [-0.2, 0) is 0 Å². The molecular formula is C32H28O8Sn. The number of benzene rings is 4. The van der Waals surface area contributed by atoms with Crippen LogP contribution in [0, 0.1) is 0 Å². The van der Waals surface area contributed by atoms with E-state index < -0.39 is 33.6 Å². The van der Waals surface area contributed by atoms with Crippen molar-refractivity contribution in [1.29, 1.82) is 0 Å². The fourth-order valence-electron chi connectivity index (χ4n) is 4.45. The fourth-order valence-corrected chi connectivity index (χ4v) is 14.8. The zero-order valence-corrected chi connectivity index (χ0v) is 25.9. The summed E-state index contributed by atoms with van der Waals surface area (Å²) in [6.45, 7) is 0. The van der Waals surface area contributed by atoms with Crippen LogP contribution in [0.2, 0.25) is 0 Å². The van der Waals surface area contributed by atoms with Crippen LogP contribution in [0.3, 0.4) is 0 Å². The first kappa shape index (κ1) is 29.5. The van der Waals surface area contributed by atoms with Crippen LogP contribution < -0.4 is 18.9 Å². The summed E-state index contributed by atoms with van der Waals surface area (Å²) in [5, 5.41) is 0. The summed E-state index contributed by atoms with van der Waals surface area (Å²) < 4.78 is 17.8. The average molecular weight is 659 g/mol. The number of carbonyl (C=O) groups is 4. The van der Waals surface area contributed by atoms with Gasteiger partial charge in [-0.15, -0.1) is 0 Å². The zero-order chi connectivity index (χ0) is 29.6. The SMILES string of the molecule is COc1ccc([C](=O)[Sn]([C](=O)c2ccc(OC)cc2)([C](=O)c2ccc(OC)cc2)[C](=O)c2ccc(OC)cc2)cc1. The standard InChI is InChI=1S/4C8H7O2.Sn/c4*1-10-8-4-2-7(6-9)3-5-8;/h4*2-5H,1H3;. The van der Waals surface area contributed by atoms with Gasteiger partial charge in [-0.05, 0) is 0 Å². The van der Waals surface area contributed by atoms with Crippen LogP contribution in [0.5, 0.6) is 23.0 Å². The summed E-state index contributed by atoms with van der Waals surface area (Å²) in [6, 6.07) is 24.2. The molecule has 0 radical (unpaired) electrons. The Hall–Kier alpha value is -4.44. The minimum absolute atomic E-state index is 0.0761. The van der Waals surface area contributed by atoms with Gasteiger partial charge >= 0.3 is 242 Å². The molecule has 0 fully saturated rings. The van der Waals surface area contributed by atoms with E-state index in [-0.39, 0.29) is 22.3 Å². The van der Waals surface area contributed by atoms with Gasteiger partial charge in [0.15, 0.2) is 0 Å². The molecule has 41 heavy (non-hydrogen) atoms. The Balaban J connectivity index is 2.02. The van der Waals surface area contributed by atoms with Gasteiger partial charge in [0.25, 0.3) is 0 Å². The van der Waals surface area contributed by atoms with Gasteiger partial charge in [-0.2, -0.15) is 0 Å². The van der Waals surface area contributed by atoms with Gasteiger partial charge in [0.05, 0.1) is 0 Å². The Kier molecular flexibility index (Phi) is 9.24. The quantitative estimate of drug-likeness (QED) is 0.192. The third kappa shape index (κ3) is 5.74. The molecule has 0 aliphatic rings. The van der Waals surface area contributed by atoms with Crippen molar-refractivity contribution >= 4 is 33.6 Å². The second-order valence-electron chi connectivity index (χ2n) is 8.98. The van der Waals surface area contributed by atoms with E-state index >= 15 is 0 Å². The number of ether oxygens (including phenoxy) is 4. The third-order valence-corrected chi connectivity index (χ3v) is 17.8. The van der Waals surface area contributed by atoms with E-state index in [9.17, 15) is 19.2 Å². The second-order valence-corrected chi connectivity index (χ2v) is 18.4. The predicted molar refractivity (Wildman–Crippen MR) is 155 cm³/mol. The Labute approximate surface area is 241 Å². The molecule has 4 rings (SSSR count). The van der Waals surface area contributed by atoms with Crippen molar-refractivity contribution in [1.82, 2.24) is 0 Å². The Morgan fingerprint density at radius 3 is 0.683 bits per heavy atom. The Bertz CT molecular complexity index is 1320. The van der Waals surface area contributed by atoms with Crippen molar-refractivity contribution in [2.75, 3.05) is 28.4 Å². The molecule has 0 atom stereocenters. The molecule has 0 aliphatic heterocycles. The number of carbonyl (C=O) groups excluding carboxylic acids is 4. The fraction of sp³-hybridized carbons (Fsp3) is 0.125. The molecule has 208 valence electrons. The number of hydrogen-bond acceptors (Lipinski definition) is 8. The van der Waals surface area contributed by atoms with Crippen LogP contribution in [-0.4, -0.2) is 62.0 Å². The molecule has 0 saturated heterocycles. The van der Waals surface area contributed by atoms with Gasteiger partial charge in [0.1, 0.15) is 0 Å². The molecule has 8 nitrogen and oxygen atoms in total. The normalized spacial score (nSPS) is 10.8. The topological polar surface area (TPSA) is 105 Å². The Morgan fingerprint density at radius 1 is 0.366 bits per heavy atom. The van der Waals surface area contributed by atoms with Crippen molar-refractivity contribution < 1.29 is 38.1 Å². The molecule has 4 aromatic rings. The number of methoxy groups -OCH3 is 4. The molecular weight excluding hydrogens is 631 g/mol. The molecule has 0 spiro atoms. The summed E-state index contributed by atoms with van der Waals surface area (Å²) in [4.78, 5) is 58.4. The molecule has 0 bridgehead atoms. The van der Waals surface area contributed by atoms with Gasteiger partial charge in [0.2, 0.25) is 0 Å². The molecule has 0 saturated carbocycles. The first-order chi connectivity index (χ1) is 19.8. The molecule has 0 unspecified atom stereocenters. The maximum absolute atomic E-state index is 14.6. The number of hydrogen-bond donors (Lipinski definition) is 0. The van der Waals surface area contributed by atoms with Crippen LogP contribution in [0.15, 0.2) is 97.1 Å². The van der Waals surface area contributed by atoms with Gasteiger partial charge in [-0.3, -0.25) is 0 Å². The summed E-state index contributed by atoms with van der Waals surface area (Å²) in [5.74, 6) is 1.91. The first-order valence-electron chi connectivity index (χ1n) is 12.6. The third-order valence-electron chi connectivity index (χ3n) is 6.77. The maximum atomic E-state index is 14.6. The van der Waals surface area contributed by atoms with Crippen molar-refractivity contribution in [2.45, 2.75) is 0 Å². The molecule has 4 aromatic carbocycles. The van der Waals surface area contributed by atoms with Gasteiger partial charge in [0, 0.05) is 0 Å². The molecule has 0 heterocycles. The van der Waals surface area contributed by atoms with Gasteiger partial charge < -0.3 is 0 Å². The average Bonchev–Trinajstić information content (AvgIpc) is 3.04. The first-order valence-corrected chi connectivity index (χ1v) is 18.3. The zero-order valence-electron chi connectivity index (χ0n) is 23.0. The van der Waals surface area contributed by atoms with Crippen molar-refractivity contribution in [3.63, 3.8) is 0 Å². The van der Waals surface area contributed by atoms with Gasteiger partial charge in [-0.1, -0.05) is 0 Å². The summed E-state index contributed by atoms with van der Waals surface area (Å²) in [5.41, 5.74) is 0.304. The summed E-state index contributed by atoms with van der Waals surface area (Å²) in [7, 11) is 5.92. The van der Waals surface area contributed by atoms with Crippen LogP contribution in [0.1, 0.15) is 41.4 Å². The van der Waals surface area contributed by atoms with Crippen LogP contribution >= 0.6 is 0 Å². The molecule has 0 amide bonds. The van der Waals surface area contributed by atoms with E-state index in [0.29, 0.717) is 23.0 Å². The van der Waals surface area contributed by atoms with E-state index in [1.54, 1.807) is 48.5 Å².